The number of morpholine rings is 1. The molecule has 0 bridgehead atoms. The van der Waals surface area contributed by atoms with E-state index < -0.39 is 0 Å². The summed E-state index contributed by atoms with van der Waals surface area (Å²) in [6.07, 6.45) is 3.49. The topological polar surface area (TPSA) is 84.2 Å². The lowest BCUT2D eigenvalue weighted by atomic mass is 10.1. The Morgan fingerprint density at radius 3 is 3.14 bits per heavy atom. The number of aromatic nitrogens is 3. The lowest BCUT2D eigenvalue weighted by Crippen LogP contribution is -2.44. The molecule has 0 radical (unpaired) electrons. The zero-order valence-electron chi connectivity index (χ0n) is 12.8. The molecule has 118 valence electrons. The molecule has 22 heavy (non-hydrogen) atoms. The van der Waals surface area contributed by atoms with E-state index in [1.54, 1.807) is 17.2 Å². The van der Waals surface area contributed by atoms with E-state index in [0.29, 0.717) is 25.5 Å². The van der Waals surface area contributed by atoms with E-state index >= 15 is 0 Å². The molecule has 1 fully saturated rings. The highest BCUT2D eigenvalue weighted by atomic mass is 16.5. The lowest BCUT2D eigenvalue weighted by Gasteiger charge is -2.34. The molecule has 1 atom stereocenters. The minimum atomic E-state index is -0.171. The maximum Gasteiger partial charge on any atom is 0.276 e. The SMILES string of the molecule is CCCc1cc(C(=O)N2CCOC[C@@H]2c2[nH]ncc2C)no1. The third kappa shape index (κ3) is 2.76. The second-order valence-corrected chi connectivity index (χ2v) is 5.48. The second kappa shape index (κ2) is 6.31. The van der Waals surface area contributed by atoms with Gasteiger partial charge in [-0.05, 0) is 18.9 Å². The molecule has 1 saturated heterocycles. The van der Waals surface area contributed by atoms with Crippen LogP contribution in [-0.2, 0) is 11.2 Å². The molecule has 0 saturated carbocycles. The third-order valence-corrected chi connectivity index (χ3v) is 3.87. The zero-order valence-corrected chi connectivity index (χ0v) is 12.8. The van der Waals surface area contributed by atoms with Crippen LogP contribution >= 0.6 is 0 Å². The highest BCUT2D eigenvalue weighted by molar-refractivity contribution is 5.92. The predicted molar refractivity (Wildman–Crippen MR) is 78.4 cm³/mol. The van der Waals surface area contributed by atoms with Crippen molar-refractivity contribution in [3.63, 3.8) is 0 Å². The van der Waals surface area contributed by atoms with Crippen LogP contribution in [0.25, 0.3) is 0 Å². The first-order chi connectivity index (χ1) is 10.7. The van der Waals surface area contributed by atoms with Gasteiger partial charge in [-0.2, -0.15) is 5.10 Å². The maximum absolute atomic E-state index is 12.7. The highest BCUT2D eigenvalue weighted by Crippen LogP contribution is 2.26. The first kappa shape index (κ1) is 14.8. The zero-order chi connectivity index (χ0) is 15.5. The van der Waals surface area contributed by atoms with Gasteiger partial charge in [-0.15, -0.1) is 0 Å². The number of rotatable bonds is 4. The molecular weight excluding hydrogens is 284 g/mol. The van der Waals surface area contributed by atoms with Crippen LogP contribution in [0.5, 0.6) is 0 Å². The largest absolute Gasteiger partial charge is 0.377 e. The van der Waals surface area contributed by atoms with Crippen molar-refractivity contribution in [2.45, 2.75) is 32.7 Å². The van der Waals surface area contributed by atoms with Crippen molar-refractivity contribution in [3.8, 4) is 0 Å². The van der Waals surface area contributed by atoms with Crippen molar-refractivity contribution in [2.75, 3.05) is 19.8 Å². The van der Waals surface area contributed by atoms with Gasteiger partial charge in [0.2, 0.25) is 0 Å². The fraction of sp³-hybridized carbons (Fsp3) is 0.533. The Hall–Kier alpha value is -2.15. The Kier molecular flexibility index (Phi) is 4.24. The summed E-state index contributed by atoms with van der Waals surface area (Å²) in [5.74, 6) is 0.613. The molecule has 0 aliphatic carbocycles. The van der Waals surface area contributed by atoms with Gasteiger partial charge in [0.15, 0.2) is 5.69 Å². The van der Waals surface area contributed by atoms with Gasteiger partial charge in [-0.25, -0.2) is 0 Å². The fourth-order valence-corrected chi connectivity index (χ4v) is 2.70. The minimum absolute atomic E-state index is 0.131. The van der Waals surface area contributed by atoms with E-state index in [0.717, 1.165) is 29.9 Å². The number of carbonyl (C=O) groups excluding carboxylic acids is 1. The number of carbonyl (C=O) groups is 1. The minimum Gasteiger partial charge on any atom is -0.377 e. The summed E-state index contributed by atoms with van der Waals surface area (Å²) in [5.41, 5.74) is 2.28. The van der Waals surface area contributed by atoms with E-state index in [9.17, 15) is 4.79 Å². The fourth-order valence-electron chi connectivity index (χ4n) is 2.70. The first-order valence-corrected chi connectivity index (χ1v) is 7.55. The average Bonchev–Trinajstić information content (AvgIpc) is 3.16. The summed E-state index contributed by atoms with van der Waals surface area (Å²) in [6.45, 7) is 5.52. The Morgan fingerprint density at radius 1 is 1.55 bits per heavy atom. The van der Waals surface area contributed by atoms with Gasteiger partial charge in [-0.3, -0.25) is 9.89 Å². The lowest BCUT2D eigenvalue weighted by molar-refractivity contribution is -0.00457. The molecule has 7 nitrogen and oxygen atoms in total. The summed E-state index contributed by atoms with van der Waals surface area (Å²) in [4.78, 5) is 14.5. The van der Waals surface area contributed by atoms with Crippen LogP contribution in [0.1, 0.15) is 46.9 Å². The number of ether oxygens (including phenoxy) is 1. The number of nitrogens with one attached hydrogen (secondary N) is 1. The molecular formula is C15H20N4O3. The summed E-state index contributed by atoms with van der Waals surface area (Å²) in [6, 6.07) is 1.56. The van der Waals surface area contributed by atoms with Crippen LogP contribution in [0.15, 0.2) is 16.8 Å². The Labute approximate surface area is 128 Å². The molecule has 1 aliphatic heterocycles. The molecule has 2 aromatic rings. The quantitative estimate of drug-likeness (QED) is 0.932. The van der Waals surface area contributed by atoms with Gasteiger partial charge >= 0.3 is 0 Å². The van der Waals surface area contributed by atoms with Gasteiger partial charge in [0.05, 0.1) is 31.1 Å². The van der Waals surface area contributed by atoms with Crippen molar-refractivity contribution < 1.29 is 14.1 Å². The Balaban J connectivity index is 1.83. The summed E-state index contributed by atoms with van der Waals surface area (Å²) < 4.78 is 10.8. The molecule has 2 aromatic heterocycles. The molecule has 1 aliphatic rings. The number of nitrogens with zero attached hydrogens (tertiary/aromatic N) is 3. The van der Waals surface area contributed by atoms with Crippen molar-refractivity contribution in [3.05, 3.63) is 35.0 Å². The number of aryl methyl sites for hydroxylation is 2. The van der Waals surface area contributed by atoms with Gasteiger partial charge in [-0.1, -0.05) is 12.1 Å². The number of amides is 1. The molecule has 1 N–H and O–H groups in total. The van der Waals surface area contributed by atoms with E-state index in [2.05, 4.69) is 22.3 Å². The van der Waals surface area contributed by atoms with Crippen molar-refractivity contribution in [2.24, 2.45) is 0 Å². The van der Waals surface area contributed by atoms with Crippen molar-refractivity contribution >= 4 is 5.91 Å². The van der Waals surface area contributed by atoms with Gasteiger partial charge in [0, 0.05) is 19.0 Å². The van der Waals surface area contributed by atoms with Crippen LogP contribution in [0.4, 0.5) is 0 Å². The van der Waals surface area contributed by atoms with Crippen LogP contribution in [-0.4, -0.2) is 45.9 Å². The second-order valence-electron chi connectivity index (χ2n) is 5.48. The third-order valence-electron chi connectivity index (χ3n) is 3.87. The predicted octanol–water partition coefficient (Wildman–Crippen LogP) is 1.87. The monoisotopic (exact) mass is 304 g/mol. The summed E-state index contributed by atoms with van der Waals surface area (Å²) >= 11 is 0. The van der Waals surface area contributed by atoms with Crippen LogP contribution in [0, 0.1) is 6.92 Å². The van der Waals surface area contributed by atoms with Gasteiger partial charge in [0.25, 0.3) is 5.91 Å². The molecule has 3 rings (SSSR count). The Bertz CT molecular complexity index is 649. The van der Waals surface area contributed by atoms with E-state index in [1.807, 2.05) is 6.92 Å². The molecule has 0 aromatic carbocycles. The van der Waals surface area contributed by atoms with E-state index in [1.165, 1.54) is 0 Å². The summed E-state index contributed by atoms with van der Waals surface area (Å²) in [7, 11) is 0. The molecule has 1 amide bonds. The summed E-state index contributed by atoms with van der Waals surface area (Å²) in [5, 5.41) is 10.9. The number of hydrogen-bond acceptors (Lipinski definition) is 5. The number of aromatic amines is 1. The van der Waals surface area contributed by atoms with E-state index in [4.69, 9.17) is 9.26 Å². The van der Waals surface area contributed by atoms with Crippen LogP contribution < -0.4 is 0 Å². The number of hydrogen-bond donors (Lipinski definition) is 1. The molecule has 3 heterocycles. The standard InChI is InChI=1S/C15H20N4O3/c1-3-4-11-7-12(18-22-11)15(20)19-5-6-21-9-13(19)14-10(2)8-16-17-14/h7-8,13H,3-6,9H2,1-2H3,(H,16,17)/t13-/m1/s1. The smallest absolute Gasteiger partial charge is 0.276 e. The maximum atomic E-state index is 12.7. The molecule has 0 spiro atoms. The van der Waals surface area contributed by atoms with Gasteiger partial charge < -0.3 is 14.2 Å². The number of H-pyrrole nitrogens is 1. The van der Waals surface area contributed by atoms with Gasteiger partial charge in [0.1, 0.15) is 5.76 Å². The highest BCUT2D eigenvalue weighted by Gasteiger charge is 2.32. The normalized spacial score (nSPS) is 18.6. The van der Waals surface area contributed by atoms with Crippen molar-refractivity contribution in [1.29, 1.82) is 0 Å². The molecule has 7 heteroatoms. The van der Waals surface area contributed by atoms with Crippen molar-refractivity contribution in [1.82, 2.24) is 20.3 Å². The first-order valence-electron chi connectivity index (χ1n) is 7.55. The van der Waals surface area contributed by atoms with Crippen LogP contribution in [0.3, 0.4) is 0 Å². The Morgan fingerprint density at radius 2 is 2.41 bits per heavy atom. The van der Waals surface area contributed by atoms with Crippen LogP contribution in [0.2, 0.25) is 0 Å². The average molecular weight is 304 g/mol. The molecule has 0 unspecified atom stereocenters. The van der Waals surface area contributed by atoms with E-state index in [-0.39, 0.29) is 11.9 Å².